The molecule has 0 spiro atoms. The van der Waals surface area contributed by atoms with Crippen molar-refractivity contribution < 1.29 is 12.8 Å². The molecule has 0 radical (unpaired) electrons. The lowest BCUT2D eigenvalue weighted by molar-refractivity contribution is 0.440. The molecule has 0 N–H and O–H groups in total. The first-order chi connectivity index (χ1) is 10.5. The molecule has 1 aliphatic carbocycles. The van der Waals surface area contributed by atoms with Crippen LogP contribution in [0.15, 0.2) is 29.2 Å². The van der Waals surface area contributed by atoms with Gasteiger partial charge in [0.25, 0.3) is 0 Å². The quantitative estimate of drug-likeness (QED) is 0.839. The van der Waals surface area contributed by atoms with Crippen LogP contribution in [-0.2, 0) is 10.0 Å². The van der Waals surface area contributed by atoms with Crippen LogP contribution in [0.2, 0.25) is 0 Å². The van der Waals surface area contributed by atoms with E-state index >= 15 is 0 Å². The molecule has 8 heteroatoms. The van der Waals surface area contributed by atoms with Crippen molar-refractivity contribution in [3.8, 4) is 0 Å². The van der Waals surface area contributed by atoms with Gasteiger partial charge in [-0.05, 0) is 37.1 Å². The highest BCUT2D eigenvalue weighted by molar-refractivity contribution is 7.94. The molecular formula is C14H15FN3O2S2-. The highest BCUT2D eigenvalue weighted by Crippen LogP contribution is 2.38. The molecule has 1 aliphatic rings. The Balaban J connectivity index is 1.75. The van der Waals surface area contributed by atoms with Crippen LogP contribution in [0.1, 0.15) is 43.0 Å². The van der Waals surface area contributed by atoms with E-state index in [1.165, 1.54) is 42.7 Å². The van der Waals surface area contributed by atoms with E-state index in [9.17, 15) is 12.8 Å². The van der Waals surface area contributed by atoms with E-state index in [0.29, 0.717) is 5.92 Å². The van der Waals surface area contributed by atoms with Gasteiger partial charge in [-0.1, -0.05) is 19.3 Å². The minimum atomic E-state index is -3.88. The summed E-state index contributed by atoms with van der Waals surface area (Å²) in [5.41, 5.74) is 0. The summed E-state index contributed by atoms with van der Waals surface area (Å²) >= 11 is 1.22. The molecule has 0 amide bonds. The second kappa shape index (κ2) is 6.29. The number of halogens is 1. The van der Waals surface area contributed by atoms with Gasteiger partial charge in [-0.25, -0.2) is 12.8 Å². The van der Waals surface area contributed by atoms with Gasteiger partial charge in [0, 0.05) is 11.0 Å². The van der Waals surface area contributed by atoms with E-state index in [1.807, 2.05) is 0 Å². The molecule has 0 aliphatic heterocycles. The minimum Gasteiger partial charge on any atom is -0.342 e. The third-order valence-corrected chi connectivity index (χ3v) is 6.07. The molecule has 1 saturated carbocycles. The van der Waals surface area contributed by atoms with Crippen LogP contribution in [0.3, 0.4) is 0 Å². The summed E-state index contributed by atoms with van der Waals surface area (Å²) in [5, 5.41) is 8.93. The van der Waals surface area contributed by atoms with E-state index in [2.05, 4.69) is 14.9 Å². The van der Waals surface area contributed by atoms with Crippen molar-refractivity contribution in [1.82, 2.24) is 10.2 Å². The topological polar surface area (TPSA) is 74.0 Å². The highest BCUT2D eigenvalue weighted by atomic mass is 32.2. The van der Waals surface area contributed by atoms with Crippen molar-refractivity contribution in [2.45, 2.75) is 42.9 Å². The summed E-state index contributed by atoms with van der Waals surface area (Å²) in [6.45, 7) is 0. The predicted molar refractivity (Wildman–Crippen MR) is 82.3 cm³/mol. The van der Waals surface area contributed by atoms with Crippen molar-refractivity contribution in [2.24, 2.45) is 0 Å². The first kappa shape index (κ1) is 15.4. The number of sulfonamides is 1. The molecular weight excluding hydrogens is 325 g/mol. The summed E-state index contributed by atoms with van der Waals surface area (Å²) in [5.74, 6) is -0.127. The van der Waals surface area contributed by atoms with Gasteiger partial charge in [-0.2, -0.15) is 0 Å². The van der Waals surface area contributed by atoms with E-state index in [1.54, 1.807) is 0 Å². The summed E-state index contributed by atoms with van der Waals surface area (Å²) in [6.07, 6.45) is 5.72. The van der Waals surface area contributed by atoms with E-state index in [4.69, 9.17) is 0 Å². The lowest BCUT2D eigenvalue weighted by Gasteiger charge is -2.19. The van der Waals surface area contributed by atoms with Crippen LogP contribution in [0.5, 0.6) is 0 Å². The third kappa shape index (κ3) is 3.44. The number of aromatic nitrogens is 2. The van der Waals surface area contributed by atoms with Crippen molar-refractivity contribution in [2.75, 3.05) is 0 Å². The number of hydrogen-bond acceptors (Lipinski definition) is 5. The van der Waals surface area contributed by atoms with E-state index in [-0.39, 0.29) is 10.0 Å². The van der Waals surface area contributed by atoms with Gasteiger partial charge in [0.2, 0.25) is 10.0 Å². The predicted octanol–water partition coefficient (Wildman–Crippen LogP) is 4.12. The van der Waals surface area contributed by atoms with Crippen LogP contribution in [0, 0.1) is 5.82 Å². The largest absolute Gasteiger partial charge is 0.342 e. The van der Waals surface area contributed by atoms with Gasteiger partial charge < -0.3 is 9.82 Å². The fourth-order valence-corrected chi connectivity index (χ4v) is 4.56. The Bertz CT molecular complexity index is 738. The SMILES string of the molecule is O=S(=O)([N-]c1nnc(C2CCCCC2)s1)c1ccc(F)cc1. The smallest absolute Gasteiger partial charge is 0.203 e. The fraction of sp³-hybridized carbons (Fsp3) is 0.429. The molecule has 1 aromatic carbocycles. The van der Waals surface area contributed by atoms with Gasteiger partial charge in [0.15, 0.2) is 0 Å². The van der Waals surface area contributed by atoms with Gasteiger partial charge in [0.05, 0.1) is 9.90 Å². The average molecular weight is 340 g/mol. The van der Waals surface area contributed by atoms with Crippen molar-refractivity contribution in [3.05, 3.63) is 39.8 Å². The molecule has 2 aromatic rings. The zero-order valence-electron chi connectivity index (χ0n) is 11.8. The van der Waals surface area contributed by atoms with E-state index < -0.39 is 15.8 Å². The van der Waals surface area contributed by atoms with Crippen LogP contribution in [0.4, 0.5) is 9.52 Å². The minimum absolute atomic E-state index is 0.0525. The van der Waals surface area contributed by atoms with Gasteiger partial charge in [-0.3, -0.25) is 5.10 Å². The zero-order valence-corrected chi connectivity index (χ0v) is 13.4. The van der Waals surface area contributed by atoms with Gasteiger partial charge in [0.1, 0.15) is 5.82 Å². The van der Waals surface area contributed by atoms with Crippen molar-refractivity contribution in [3.63, 3.8) is 0 Å². The highest BCUT2D eigenvalue weighted by Gasteiger charge is 2.18. The maximum atomic E-state index is 12.9. The standard InChI is InChI=1S/C14H15FN3O2S2/c15-11-6-8-12(9-7-11)22(19,20)18-14-17-16-13(21-14)10-4-2-1-3-5-10/h6-10H,1-5H2/q-1. The number of benzene rings is 1. The summed E-state index contributed by atoms with van der Waals surface area (Å²) in [6, 6.07) is 4.57. The lowest BCUT2D eigenvalue weighted by Crippen LogP contribution is -2.03. The summed E-state index contributed by atoms with van der Waals surface area (Å²) < 4.78 is 40.9. The maximum absolute atomic E-state index is 12.9. The Morgan fingerprint density at radius 3 is 2.45 bits per heavy atom. The molecule has 1 fully saturated rings. The molecule has 0 unspecified atom stereocenters. The monoisotopic (exact) mass is 340 g/mol. The maximum Gasteiger partial charge on any atom is 0.203 e. The number of rotatable bonds is 4. The first-order valence-corrected chi connectivity index (χ1v) is 9.37. The second-order valence-electron chi connectivity index (χ2n) is 5.28. The molecule has 0 bridgehead atoms. The van der Waals surface area contributed by atoms with Gasteiger partial charge >= 0.3 is 0 Å². The molecule has 0 saturated heterocycles. The molecule has 0 atom stereocenters. The first-order valence-electron chi connectivity index (χ1n) is 7.11. The lowest BCUT2D eigenvalue weighted by atomic mass is 9.90. The molecule has 5 nitrogen and oxygen atoms in total. The molecule has 1 aromatic heterocycles. The Hall–Kier alpha value is -1.54. The van der Waals surface area contributed by atoms with Crippen LogP contribution in [0.25, 0.3) is 4.72 Å². The summed E-state index contributed by atoms with van der Waals surface area (Å²) in [4.78, 5) is -0.0525. The third-order valence-electron chi connectivity index (χ3n) is 3.69. The Labute approximate surface area is 132 Å². The van der Waals surface area contributed by atoms with Crippen LogP contribution < -0.4 is 0 Å². The van der Waals surface area contributed by atoms with Gasteiger partial charge in [-0.15, -0.1) is 11.3 Å². The molecule has 3 rings (SSSR count). The zero-order chi connectivity index (χ0) is 15.6. The number of nitrogens with zero attached hydrogens (tertiary/aromatic N) is 3. The van der Waals surface area contributed by atoms with Crippen LogP contribution in [-0.4, -0.2) is 18.6 Å². The Kier molecular flexibility index (Phi) is 4.39. The fourth-order valence-electron chi connectivity index (χ4n) is 2.54. The molecule has 118 valence electrons. The molecule has 1 heterocycles. The Morgan fingerprint density at radius 1 is 1.09 bits per heavy atom. The average Bonchev–Trinajstić information content (AvgIpc) is 2.96. The summed E-state index contributed by atoms with van der Waals surface area (Å²) in [7, 11) is -3.88. The Morgan fingerprint density at radius 2 is 1.77 bits per heavy atom. The molecule has 22 heavy (non-hydrogen) atoms. The normalized spacial score (nSPS) is 16.6. The van der Waals surface area contributed by atoms with Crippen molar-refractivity contribution in [1.29, 1.82) is 0 Å². The van der Waals surface area contributed by atoms with Crippen molar-refractivity contribution >= 4 is 26.5 Å². The second-order valence-corrected chi connectivity index (χ2v) is 7.87. The van der Waals surface area contributed by atoms with Crippen LogP contribution >= 0.6 is 11.3 Å². The number of hydrogen-bond donors (Lipinski definition) is 0. The van der Waals surface area contributed by atoms with E-state index in [0.717, 1.165) is 30.0 Å².